The number of aryl methyl sites for hydroxylation is 2. The second kappa shape index (κ2) is 7.08. The summed E-state index contributed by atoms with van der Waals surface area (Å²) in [5, 5.41) is 23.2. The minimum absolute atomic E-state index is 0.373. The van der Waals surface area contributed by atoms with Gasteiger partial charge in [0.05, 0.1) is 6.54 Å². The number of hydrogen-bond donors (Lipinski definition) is 4. The van der Waals surface area contributed by atoms with Crippen LogP contribution in [0.15, 0.2) is 18.2 Å². The van der Waals surface area contributed by atoms with Gasteiger partial charge in [-0.1, -0.05) is 19.9 Å². The predicted molar refractivity (Wildman–Crippen MR) is 80.5 cm³/mol. The Morgan fingerprint density at radius 3 is 2.33 bits per heavy atom. The van der Waals surface area contributed by atoms with E-state index in [1.54, 1.807) is 6.07 Å². The molecule has 0 radical (unpaired) electrons. The zero-order chi connectivity index (χ0) is 16.0. The lowest BCUT2D eigenvalue weighted by molar-refractivity contribution is -0.155. The second-order valence-electron chi connectivity index (χ2n) is 5.08. The van der Waals surface area contributed by atoms with E-state index in [4.69, 9.17) is 5.11 Å². The van der Waals surface area contributed by atoms with Gasteiger partial charge >= 0.3 is 12.0 Å². The number of urea groups is 1. The van der Waals surface area contributed by atoms with Crippen LogP contribution in [0.5, 0.6) is 0 Å². The number of carbonyl (C=O) groups excluding carboxylic acids is 1. The highest BCUT2D eigenvalue weighted by Crippen LogP contribution is 2.17. The molecule has 1 aromatic rings. The molecule has 6 heteroatoms. The van der Waals surface area contributed by atoms with Crippen molar-refractivity contribution in [3.63, 3.8) is 0 Å². The third-order valence-corrected chi connectivity index (χ3v) is 3.28. The van der Waals surface area contributed by atoms with Crippen molar-refractivity contribution in [3.8, 4) is 0 Å². The fourth-order valence-electron chi connectivity index (χ4n) is 1.88. The van der Waals surface area contributed by atoms with Gasteiger partial charge in [0, 0.05) is 5.69 Å². The van der Waals surface area contributed by atoms with Crippen molar-refractivity contribution in [2.75, 3.05) is 11.9 Å². The van der Waals surface area contributed by atoms with Crippen molar-refractivity contribution >= 4 is 17.7 Å². The molecule has 6 nitrogen and oxygen atoms in total. The lowest BCUT2D eigenvalue weighted by Gasteiger charge is -2.18. The highest BCUT2D eigenvalue weighted by molar-refractivity contribution is 5.90. The zero-order valence-corrected chi connectivity index (χ0v) is 12.6. The maximum atomic E-state index is 11.7. The molecule has 0 heterocycles. The van der Waals surface area contributed by atoms with Gasteiger partial charge in [0.2, 0.25) is 0 Å². The van der Waals surface area contributed by atoms with Gasteiger partial charge in [0.1, 0.15) is 0 Å². The van der Waals surface area contributed by atoms with E-state index >= 15 is 0 Å². The summed E-state index contributed by atoms with van der Waals surface area (Å²) < 4.78 is 0. The van der Waals surface area contributed by atoms with Gasteiger partial charge in [-0.25, -0.2) is 9.59 Å². The number of amides is 2. The first-order chi connectivity index (χ1) is 9.80. The number of carboxylic acids is 1. The molecule has 4 N–H and O–H groups in total. The molecule has 0 fully saturated rings. The number of aliphatic carboxylic acids is 1. The zero-order valence-electron chi connectivity index (χ0n) is 12.6. The molecular weight excluding hydrogens is 272 g/mol. The van der Waals surface area contributed by atoms with Gasteiger partial charge in [-0.3, -0.25) is 0 Å². The molecule has 2 amide bonds. The van der Waals surface area contributed by atoms with Crippen molar-refractivity contribution < 1.29 is 19.8 Å². The smallest absolute Gasteiger partial charge is 0.337 e. The van der Waals surface area contributed by atoms with E-state index in [9.17, 15) is 14.7 Å². The summed E-state index contributed by atoms with van der Waals surface area (Å²) in [7, 11) is 0. The van der Waals surface area contributed by atoms with Crippen LogP contribution in [-0.2, 0) is 17.6 Å². The minimum atomic E-state index is -1.99. The molecule has 1 unspecified atom stereocenters. The standard InChI is InChI=1S/C15H22N2O4/c1-4-10-6-7-12(8-11(10)5-2)17-14(20)16-9-15(3,21)13(18)19/h6-8,21H,4-5,9H2,1-3H3,(H,18,19)(H2,16,17,20). The Morgan fingerprint density at radius 2 is 1.81 bits per heavy atom. The Balaban J connectivity index is 2.65. The maximum absolute atomic E-state index is 11.7. The molecule has 21 heavy (non-hydrogen) atoms. The van der Waals surface area contributed by atoms with Crippen LogP contribution in [0.4, 0.5) is 10.5 Å². The van der Waals surface area contributed by atoms with Crippen molar-refractivity contribution in [2.45, 2.75) is 39.2 Å². The summed E-state index contributed by atoms with van der Waals surface area (Å²) in [5.41, 5.74) is 1.04. The van der Waals surface area contributed by atoms with Gasteiger partial charge in [-0.05, 0) is 43.0 Å². The molecule has 0 aliphatic carbocycles. The number of benzene rings is 1. The predicted octanol–water partition coefficient (Wildman–Crippen LogP) is 1.77. The summed E-state index contributed by atoms with van der Waals surface area (Å²) >= 11 is 0. The van der Waals surface area contributed by atoms with E-state index in [1.165, 1.54) is 5.56 Å². The second-order valence-corrected chi connectivity index (χ2v) is 5.08. The van der Waals surface area contributed by atoms with Crippen molar-refractivity contribution in [2.24, 2.45) is 0 Å². The monoisotopic (exact) mass is 294 g/mol. The molecule has 1 rings (SSSR count). The molecule has 0 saturated heterocycles. The SMILES string of the molecule is CCc1ccc(NC(=O)NCC(C)(O)C(=O)O)cc1CC. The Bertz CT molecular complexity index is 526. The van der Waals surface area contributed by atoms with E-state index in [1.807, 2.05) is 19.1 Å². The van der Waals surface area contributed by atoms with Crippen LogP contribution in [0.3, 0.4) is 0 Å². The topological polar surface area (TPSA) is 98.7 Å². The molecule has 1 atom stereocenters. The number of carbonyl (C=O) groups is 2. The number of anilines is 1. The first kappa shape index (κ1) is 17.0. The highest BCUT2D eigenvalue weighted by atomic mass is 16.4. The normalized spacial score (nSPS) is 13.3. The van der Waals surface area contributed by atoms with Crippen molar-refractivity contribution in [1.29, 1.82) is 0 Å². The van der Waals surface area contributed by atoms with Crippen LogP contribution in [0.25, 0.3) is 0 Å². The number of nitrogens with one attached hydrogen (secondary N) is 2. The summed E-state index contributed by atoms with van der Waals surface area (Å²) in [4.78, 5) is 22.4. The highest BCUT2D eigenvalue weighted by Gasteiger charge is 2.30. The molecule has 1 aromatic carbocycles. The van der Waals surface area contributed by atoms with Gasteiger partial charge in [-0.15, -0.1) is 0 Å². The average molecular weight is 294 g/mol. The first-order valence-corrected chi connectivity index (χ1v) is 6.92. The van der Waals surface area contributed by atoms with Crippen LogP contribution >= 0.6 is 0 Å². The molecular formula is C15H22N2O4. The van der Waals surface area contributed by atoms with E-state index in [-0.39, 0.29) is 6.54 Å². The van der Waals surface area contributed by atoms with E-state index in [2.05, 4.69) is 17.6 Å². The third-order valence-electron chi connectivity index (χ3n) is 3.28. The Hall–Kier alpha value is -2.08. The van der Waals surface area contributed by atoms with Gasteiger partial charge < -0.3 is 20.8 Å². The molecule has 116 valence electrons. The van der Waals surface area contributed by atoms with Crippen molar-refractivity contribution in [1.82, 2.24) is 5.32 Å². The van der Waals surface area contributed by atoms with Gasteiger partial charge in [0.15, 0.2) is 5.60 Å². The molecule has 0 spiro atoms. The Kier molecular flexibility index (Phi) is 5.72. The van der Waals surface area contributed by atoms with Crippen LogP contribution in [0.1, 0.15) is 31.9 Å². The van der Waals surface area contributed by atoms with Crippen LogP contribution in [-0.4, -0.2) is 34.4 Å². The van der Waals surface area contributed by atoms with E-state index in [0.29, 0.717) is 5.69 Å². The fraction of sp³-hybridized carbons (Fsp3) is 0.467. The van der Waals surface area contributed by atoms with Crippen LogP contribution in [0, 0.1) is 0 Å². The summed E-state index contributed by atoms with van der Waals surface area (Å²) in [5.74, 6) is -1.39. The number of aliphatic hydroxyl groups is 1. The largest absolute Gasteiger partial charge is 0.479 e. The lowest BCUT2D eigenvalue weighted by Crippen LogP contribution is -2.47. The average Bonchev–Trinajstić information content (AvgIpc) is 2.45. The van der Waals surface area contributed by atoms with E-state index in [0.717, 1.165) is 25.3 Å². The molecule has 0 bridgehead atoms. The number of rotatable bonds is 6. The lowest BCUT2D eigenvalue weighted by atomic mass is 10.0. The molecule has 0 aliphatic rings. The van der Waals surface area contributed by atoms with Crippen LogP contribution < -0.4 is 10.6 Å². The minimum Gasteiger partial charge on any atom is -0.479 e. The maximum Gasteiger partial charge on any atom is 0.337 e. The Labute approximate surface area is 124 Å². The van der Waals surface area contributed by atoms with Crippen LogP contribution in [0.2, 0.25) is 0 Å². The number of hydrogen-bond acceptors (Lipinski definition) is 3. The van der Waals surface area contributed by atoms with Gasteiger partial charge in [-0.2, -0.15) is 0 Å². The summed E-state index contributed by atoms with van der Waals surface area (Å²) in [6.45, 7) is 4.87. The van der Waals surface area contributed by atoms with Gasteiger partial charge in [0.25, 0.3) is 0 Å². The molecule has 0 saturated carbocycles. The summed E-state index contributed by atoms with van der Waals surface area (Å²) in [6, 6.07) is 5.10. The third kappa shape index (κ3) is 4.75. The molecule has 0 aromatic heterocycles. The quantitative estimate of drug-likeness (QED) is 0.642. The fourth-order valence-corrected chi connectivity index (χ4v) is 1.88. The van der Waals surface area contributed by atoms with Crippen molar-refractivity contribution in [3.05, 3.63) is 29.3 Å². The molecule has 0 aliphatic heterocycles. The first-order valence-electron chi connectivity index (χ1n) is 6.92. The number of carboxylic acid groups (broad SMARTS) is 1. The summed E-state index contributed by atoms with van der Waals surface area (Å²) in [6.07, 6.45) is 1.80. The Morgan fingerprint density at radius 1 is 1.19 bits per heavy atom. The van der Waals surface area contributed by atoms with E-state index < -0.39 is 17.6 Å².